The molecule has 0 radical (unpaired) electrons. The van der Waals surface area contributed by atoms with Gasteiger partial charge in [-0.2, -0.15) is 13.6 Å². The molecule has 1 fully saturated rings. The molecule has 2 aromatic heterocycles. The van der Waals surface area contributed by atoms with Crippen LogP contribution in [0.4, 0.5) is 5.95 Å². The van der Waals surface area contributed by atoms with Gasteiger partial charge in [0.25, 0.3) is 5.56 Å². The number of phosphoric acid groups is 3. The molecule has 1 aliphatic heterocycles. The summed E-state index contributed by atoms with van der Waals surface area (Å²) < 4.78 is 52.1. The van der Waals surface area contributed by atoms with Crippen molar-refractivity contribution in [2.45, 2.75) is 24.9 Å². The van der Waals surface area contributed by atoms with Gasteiger partial charge in [0.1, 0.15) is 12.3 Å². The number of nitrogen functional groups attached to an aromatic ring is 1. The van der Waals surface area contributed by atoms with Crippen LogP contribution in [0.15, 0.2) is 11.1 Å². The molecule has 174 valence electrons. The van der Waals surface area contributed by atoms with Crippen molar-refractivity contribution in [2.24, 2.45) is 0 Å². The summed E-state index contributed by atoms with van der Waals surface area (Å²) in [6, 6.07) is 0. The summed E-state index contributed by atoms with van der Waals surface area (Å²) in [4.78, 5) is 57.5. The number of aromatic amines is 1. The van der Waals surface area contributed by atoms with E-state index in [2.05, 4.69) is 28.1 Å². The van der Waals surface area contributed by atoms with Gasteiger partial charge in [0.05, 0.1) is 19.0 Å². The third-order valence-electron chi connectivity index (χ3n) is 3.78. The monoisotopic (exact) mass is 522 g/mol. The third kappa shape index (κ3) is 6.04. The smallest absolute Gasteiger partial charge is 0.390 e. The Bertz CT molecular complexity index is 1170. The molecule has 0 aliphatic carbocycles. The first-order valence-electron chi connectivity index (χ1n) is 8.00. The van der Waals surface area contributed by atoms with E-state index in [4.69, 9.17) is 25.2 Å². The van der Waals surface area contributed by atoms with Crippen LogP contribution in [0.3, 0.4) is 0 Å². The fraction of sp³-hybridized carbons (Fsp3) is 0.500. The van der Waals surface area contributed by atoms with Crippen molar-refractivity contribution in [3.05, 3.63) is 16.7 Å². The Balaban J connectivity index is 1.67. The summed E-state index contributed by atoms with van der Waals surface area (Å²) in [5.41, 5.74) is 4.89. The Kier molecular flexibility index (Phi) is 6.57. The summed E-state index contributed by atoms with van der Waals surface area (Å²) in [7, 11) is -16.6. The fourth-order valence-corrected chi connectivity index (χ4v) is 5.69. The molecular formula is C10H16N5O13P3. The number of imidazole rings is 1. The number of hydrogen-bond acceptors (Lipinski definition) is 12. The largest absolute Gasteiger partial charge is 0.490 e. The second kappa shape index (κ2) is 8.44. The number of phosphoric ester groups is 1. The molecule has 1 aliphatic rings. The van der Waals surface area contributed by atoms with Gasteiger partial charge in [0.15, 0.2) is 11.2 Å². The molecule has 3 heterocycles. The zero-order valence-electron chi connectivity index (χ0n) is 15.0. The van der Waals surface area contributed by atoms with Crippen LogP contribution in [0.1, 0.15) is 12.6 Å². The Labute approximate surface area is 171 Å². The molecular weight excluding hydrogens is 506 g/mol. The number of aliphatic hydroxyl groups excluding tert-OH is 1. The molecule has 0 aromatic carbocycles. The van der Waals surface area contributed by atoms with Crippen LogP contribution in [0.5, 0.6) is 0 Å². The highest BCUT2D eigenvalue weighted by Crippen LogP contribution is 2.66. The van der Waals surface area contributed by atoms with E-state index in [0.717, 1.165) is 0 Å². The highest BCUT2D eigenvalue weighted by molar-refractivity contribution is 7.66. The lowest BCUT2D eigenvalue weighted by Crippen LogP contribution is -2.26. The summed E-state index contributed by atoms with van der Waals surface area (Å²) in [5.74, 6) is -0.193. The summed E-state index contributed by atoms with van der Waals surface area (Å²) in [6.45, 7) is -0.843. The molecule has 21 heteroatoms. The molecule has 1 saturated heterocycles. The van der Waals surface area contributed by atoms with Crippen LogP contribution in [-0.2, 0) is 31.6 Å². The second-order valence-electron chi connectivity index (χ2n) is 6.09. The number of aliphatic hydroxyl groups is 1. The molecule has 18 nitrogen and oxygen atoms in total. The predicted molar refractivity (Wildman–Crippen MR) is 96.9 cm³/mol. The normalized spacial score (nSPS) is 26.0. The maximum absolute atomic E-state index is 11.8. The highest BCUT2D eigenvalue weighted by atomic mass is 31.3. The van der Waals surface area contributed by atoms with E-state index >= 15 is 0 Å². The Hall–Kier alpha value is -1.52. The third-order valence-corrected chi connectivity index (χ3v) is 7.59. The van der Waals surface area contributed by atoms with E-state index in [1.54, 1.807) is 0 Å². The van der Waals surface area contributed by atoms with E-state index in [1.165, 1.54) is 10.9 Å². The number of nitrogens with two attached hydrogens (primary N) is 1. The second-order valence-corrected chi connectivity index (χ2v) is 10.5. The van der Waals surface area contributed by atoms with Gasteiger partial charge in [-0.05, 0) is 0 Å². The zero-order chi connectivity index (χ0) is 23.2. The average molecular weight is 522 g/mol. The Morgan fingerprint density at radius 1 is 1.23 bits per heavy atom. The quantitative estimate of drug-likeness (QED) is 0.120. The number of anilines is 1. The van der Waals surface area contributed by atoms with Gasteiger partial charge in [-0.25, -0.2) is 18.7 Å². The van der Waals surface area contributed by atoms with Crippen LogP contribution in [0.2, 0.25) is 0 Å². The number of nitrogens with one attached hydrogen (secondary N) is 1. The standard InChI is InChI=1S/C10H16N5O13P3/c11-10-13-8-7(9(17)14-10)12-3-15(8)6-1-4(16)5(26-6)2-25-30(21,22)28-31(23,24)27-29(18,19)20/h3-6,16H,1-2H2,(H,21,22)(H,23,24)(H2,18,19,20)(H3,11,13,14,17)/t4-,5-,6-/m1/s1/i1+1,2+1,3+1,4+1,5+1,6+1,7+1,8+1,9+1,10+1,11+1,12+1,13+1,14+1,15+1. The van der Waals surface area contributed by atoms with Crippen molar-refractivity contribution in [3.8, 4) is 0 Å². The topological polar surface area (TPSA) is 279 Å². The number of ether oxygens (including phenoxy) is 1. The molecule has 3 rings (SSSR count). The molecule has 8 N–H and O–H groups in total. The maximum atomic E-state index is 11.8. The lowest BCUT2D eigenvalue weighted by atomic mass is 11.1. The highest BCUT2D eigenvalue weighted by Gasteiger charge is 2.43. The van der Waals surface area contributed by atoms with Crippen LogP contribution < -0.4 is 11.3 Å². The average Bonchev–Trinajstić information content (AvgIpc) is 3.13. The van der Waals surface area contributed by atoms with E-state index in [9.17, 15) is 28.5 Å². The minimum absolute atomic E-state index is 0.0481. The molecule has 2 unspecified atom stereocenters. The molecule has 2 aromatic rings. The number of nitrogens with zero attached hydrogens (tertiary/aromatic N) is 3. The maximum Gasteiger partial charge on any atom is 0.490 e. The van der Waals surface area contributed by atoms with Gasteiger partial charge < -0.3 is 35.2 Å². The first kappa shape index (κ1) is 24.1. The molecule has 0 bridgehead atoms. The van der Waals surface area contributed by atoms with Crippen LogP contribution >= 0.6 is 23.5 Å². The van der Waals surface area contributed by atoms with Gasteiger partial charge >= 0.3 is 23.5 Å². The van der Waals surface area contributed by atoms with Crippen molar-refractivity contribution < 1.29 is 56.3 Å². The number of H-pyrrole nitrogens is 1. The molecule has 5 atom stereocenters. The number of fused-ring (bicyclic) bond motifs is 1. The Morgan fingerprint density at radius 3 is 2.55 bits per heavy atom. The van der Waals surface area contributed by atoms with Gasteiger partial charge in [-0.3, -0.25) is 18.9 Å². The predicted octanol–water partition coefficient (Wildman–Crippen LogP) is -1.31. The fourth-order valence-electron chi connectivity index (χ4n) is 2.66. The van der Waals surface area contributed by atoms with Gasteiger partial charge in [-0.15, -0.1) is 0 Å². The minimum atomic E-state index is -5.67. The van der Waals surface area contributed by atoms with Gasteiger partial charge in [0.2, 0.25) is 5.95 Å². The van der Waals surface area contributed by atoms with Gasteiger partial charge in [-0.1, -0.05) is 0 Å². The van der Waals surface area contributed by atoms with Crippen molar-refractivity contribution >= 4 is 40.6 Å². The summed E-state index contributed by atoms with van der Waals surface area (Å²) in [6.07, 6.45) is -2.36. The Morgan fingerprint density at radius 2 is 1.90 bits per heavy atom. The van der Waals surface area contributed by atoms with Crippen molar-refractivity contribution in [2.75, 3.05) is 12.3 Å². The van der Waals surface area contributed by atoms with Crippen LogP contribution in [-0.4, -0.2) is 63.0 Å². The van der Waals surface area contributed by atoms with E-state index in [-0.39, 0.29) is 23.5 Å². The molecule has 0 spiro atoms. The molecule has 0 amide bonds. The number of aromatic nitrogens is 4. The number of rotatable bonds is 8. The van der Waals surface area contributed by atoms with E-state index < -0.39 is 54.1 Å². The van der Waals surface area contributed by atoms with Gasteiger partial charge in [0, 0.05) is 6.42 Å². The molecule has 0 saturated carbocycles. The lowest BCUT2D eigenvalue weighted by Gasteiger charge is -2.19. The van der Waals surface area contributed by atoms with Crippen molar-refractivity contribution in [3.63, 3.8) is 0 Å². The SMILES string of the molecule is [15NH2][13c]1[15n][13c]2[13c]([15n][13cH][15n]2[13C@H]2[13CH2][13C@@H](O)[13C@@H]([13CH2]OP(=O)(O)OP(=O)(O)OP(=O)(O)O)O2)[13c](=O)[15nH]1. The first-order chi connectivity index (χ1) is 14.2. The van der Waals surface area contributed by atoms with E-state index in [0.29, 0.717) is 0 Å². The van der Waals surface area contributed by atoms with Crippen LogP contribution in [0.25, 0.3) is 11.2 Å². The number of hydrogen-bond donors (Lipinski definition) is 7. The summed E-state index contributed by atoms with van der Waals surface area (Å²) in [5, 5.41) is 10.1. The van der Waals surface area contributed by atoms with E-state index in [1.807, 2.05) is 0 Å². The minimum Gasteiger partial charge on any atom is -0.390 e. The first-order valence-corrected chi connectivity index (χ1v) is 12.5. The van der Waals surface area contributed by atoms with Crippen LogP contribution in [0, 0.1) is 0 Å². The van der Waals surface area contributed by atoms with Crippen molar-refractivity contribution in [1.29, 1.82) is 0 Å². The summed E-state index contributed by atoms with van der Waals surface area (Å²) >= 11 is 0. The molecule has 31 heavy (non-hydrogen) atoms. The zero-order valence-corrected chi connectivity index (χ0v) is 17.7. The lowest BCUT2D eigenvalue weighted by molar-refractivity contribution is -0.0423. The van der Waals surface area contributed by atoms with Crippen molar-refractivity contribution in [1.82, 2.24) is 19.5 Å².